The zero-order chi connectivity index (χ0) is 14.0. The van der Waals surface area contributed by atoms with E-state index in [9.17, 15) is 12.8 Å². The maximum absolute atomic E-state index is 13.6. The van der Waals surface area contributed by atoms with E-state index in [-0.39, 0.29) is 20.6 Å². The quantitative estimate of drug-likeness (QED) is 0.790. The van der Waals surface area contributed by atoms with Gasteiger partial charge >= 0.3 is 0 Å². The summed E-state index contributed by atoms with van der Waals surface area (Å²) in [6.45, 7) is 0. The van der Waals surface area contributed by atoms with E-state index in [1.807, 2.05) is 0 Å². The van der Waals surface area contributed by atoms with Crippen LogP contribution in [0.3, 0.4) is 0 Å². The number of nitrogens with two attached hydrogens (primary N) is 1. The molecular weight excluding hydrogens is 313 g/mol. The third kappa shape index (κ3) is 2.83. The minimum Gasteiger partial charge on any atom is -0.389 e. The van der Waals surface area contributed by atoms with Gasteiger partial charge in [-0.3, -0.25) is 4.72 Å². The lowest BCUT2D eigenvalue weighted by molar-refractivity contribution is 0.594. The molecule has 0 aliphatic rings. The molecule has 0 fully saturated rings. The highest BCUT2D eigenvalue weighted by Crippen LogP contribution is 2.21. The number of benzene rings is 1. The summed E-state index contributed by atoms with van der Waals surface area (Å²) in [5, 5.41) is 6.63. The van der Waals surface area contributed by atoms with E-state index in [2.05, 4.69) is 31.7 Å². The van der Waals surface area contributed by atoms with Crippen LogP contribution in [-0.2, 0) is 10.0 Å². The molecule has 2 aromatic rings. The molecule has 1 heterocycles. The van der Waals surface area contributed by atoms with E-state index in [1.165, 1.54) is 12.1 Å². The third-order valence-corrected chi connectivity index (χ3v) is 4.26. The van der Waals surface area contributed by atoms with Gasteiger partial charge in [-0.1, -0.05) is 27.9 Å². The van der Waals surface area contributed by atoms with Crippen LogP contribution >= 0.6 is 23.8 Å². The number of rotatable bonds is 4. The predicted molar refractivity (Wildman–Crippen MR) is 70.8 cm³/mol. The van der Waals surface area contributed by atoms with Crippen LogP contribution in [0.15, 0.2) is 23.1 Å². The molecule has 1 aromatic carbocycles. The van der Waals surface area contributed by atoms with Crippen molar-refractivity contribution in [3.63, 3.8) is 0 Å². The fourth-order valence-electron chi connectivity index (χ4n) is 1.31. The summed E-state index contributed by atoms with van der Waals surface area (Å²) >= 11 is 5.40. The molecule has 0 saturated carbocycles. The Bertz CT molecular complexity index is 716. The second-order valence-corrected chi connectivity index (χ2v) is 6.07. The fraction of sp³-hybridized carbons (Fsp3) is 0. The van der Waals surface area contributed by atoms with Crippen LogP contribution < -0.4 is 10.5 Å². The van der Waals surface area contributed by atoms with Gasteiger partial charge in [0.15, 0.2) is 0 Å². The van der Waals surface area contributed by atoms with Crippen molar-refractivity contribution in [2.45, 2.75) is 4.90 Å². The molecule has 1 aromatic heterocycles. The van der Waals surface area contributed by atoms with Crippen molar-refractivity contribution in [3.8, 4) is 0 Å². The maximum Gasteiger partial charge on any atom is 0.264 e. The number of nitrogens with one attached hydrogen (secondary N) is 1. The van der Waals surface area contributed by atoms with Crippen LogP contribution in [0.5, 0.6) is 0 Å². The Morgan fingerprint density at radius 2 is 2.21 bits per heavy atom. The van der Waals surface area contributed by atoms with Crippen molar-refractivity contribution >= 4 is 43.9 Å². The second kappa shape index (κ2) is 5.11. The Labute approximate surface area is 116 Å². The number of sulfonamides is 1. The molecule has 100 valence electrons. The third-order valence-electron chi connectivity index (χ3n) is 2.03. The highest BCUT2D eigenvalue weighted by atomic mass is 32.2. The van der Waals surface area contributed by atoms with Crippen molar-refractivity contribution in [2.75, 3.05) is 4.72 Å². The first-order chi connectivity index (χ1) is 8.92. The monoisotopic (exact) mass is 319 g/mol. The van der Waals surface area contributed by atoms with Crippen LogP contribution in [0.2, 0.25) is 0 Å². The Morgan fingerprint density at radius 3 is 2.79 bits per heavy atom. The Hall–Kier alpha value is -1.72. The summed E-state index contributed by atoms with van der Waals surface area (Å²) in [7, 11) is -4.07. The van der Waals surface area contributed by atoms with Crippen molar-refractivity contribution in [2.24, 2.45) is 5.73 Å². The molecule has 3 N–H and O–H groups in total. The molecule has 0 aliphatic carbocycles. The highest BCUT2D eigenvalue weighted by molar-refractivity contribution is 7.93. The zero-order valence-corrected chi connectivity index (χ0v) is 11.5. The molecule has 0 atom stereocenters. The SMILES string of the molecule is NC(=S)c1c(F)cccc1S(=O)(=O)Nc1nnns1. The van der Waals surface area contributed by atoms with Crippen molar-refractivity contribution in [1.29, 1.82) is 0 Å². The van der Waals surface area contributed by atoms with Gasteiger partial charge in [0, 0.05) is 11.5 Å². The van der Waals surface area contributed by atoms with Gasteiger partial charge in [0.1, 0.15) is 15.7 Å². The summed E-state index contributed by atoms with van der Waals surface area (Å²) in [5.74, 6) is -0.814. The first-order valence-corrected chi connectivity index (χ1v) is 7.34. The fourth-order valence-corrected chi connectivity index (χ4v) is 3.40. The Balaban J connectivity index is 2.52. The van der Waals surface area contributed by atoms with Gasteiger partial charge in [-0.2, -0.15) is 0 Å². The van der Waals surface area contributed by atoms with Crippen molar-refractivity contribution < 1.29 is 12.8 Å². The average Bonchev–Trinajstić information content (AvgIpc) is 2.80. The standard InChI is InChI=1S/C8H6FN5O2S3/c9-4-2-1-3-5(6(4)7(10)17)19(15,16)12-8-11-13-14-18-8/h1-3H,(H2,10,17)(H,11,12,14). The normalized spacial score (nSPS) is 11.2. The minimum absolute atomic E-state index is 0.0434. The molecule has 0 spiro atoms. The molecule has 0 unspecified atom stereocenters. The Kier molecular flexibility index (Phi) is 3.68. The molecule has 11 heteroatoms. The van der Waals surface area contributed by atoms with E-state index >= 15 is 0 Å². The molecule has 0 aliphatic heterocycles. The summed E-state index contributed by atoms with van der Waals surface area (Å²) in [5.41, 5.74) is 5.00. The lowest BCUT2D eigenvalue weighted by atomic mass is 10.2. The molecule has 2 rings (SSSR count). The average molecular weight is 319 g/mol. The smallest absolute Gasteiger partial charge is 0.264 e. The molecule has 0 bridgehead atoms. The molecular formula is C8H6FN5O2S3. The molecule has 0 amide bonds. The van der Waals surface area contributed by atoms with Gasteiger partial charge in [0.25, 0.3) is 10.0 Å². The van der Waals surface area contributed by atoms with Gasteiger partial charge in [0.05, 0.1) is 5.56 Å². The number of hydrogen-bond donors (Lipinski definition) is 2. The summed E-state index contributed by atoms with van der Waals surface area (Å²) in [4.78, 5) is -0.718. The molecule has 0 saturated heterocycles. The second-order valence-electron chi connectivity index (χ2n) is 3.25. The Morgan fingerprint density at radius 1 is 1.47 bits per heavy atom. The highest BCUT2D eigenvalue weighted by Gasteiger charge is 2.23. The lowest BCUT2D eigenvalue weighted by Crippen LogP contribution is -2.21. The van der Waals surface area contributed by atoms with E-state index in [0.29, 0.717) is 0 Å². The minimum atomic E-state index is -4.07. The van der Waals surface area contributed by atoms with Gasteiger partial charge in [-0.15, -0.1) is 0 Å². The first-order valence-electron chi connectivity index (χ1n) is 4.68. The van der Waals surface area contributed by atoms with E-state index < -0.39 is 15.8 Å². The van der Waals surface area contributed by atoms with Gasteiger partial charge in [-0.25, -0.2) is 12.8 Å². The summed E-state index contributed by atoms with van der Waals surface area (Å²) < 4.78 is 43.3. The van der Waals surface area contributed by atoms with Gasteiger partial charge < -0.3 is 5.73 Å². The van der Waals surface area contributed by atoms with Gasteiger partial charge in [-0.05, 0) is 17.3 Å². The molecule has 7 nitrogen and oxygen atoms in total. The summed E-state index contributed by atoms with van der Waals surface area (Å²) in [6.07, 6.45) is 0. The van der Waals surface area contributed by atoms with Crippen LogP contribution in [0, 0.1) is 5.82 Å². The summed E-state index contributed by atoms with van der Waals surface area (Å²) in [6, 6.07) is 3.50. The van der Waals surface area contributed by atoms with Crippen LogP contribution in [0.1, 0.15) is 5.56 Å². The number of anilines is 1. The van der Waals surface area contributed by atoms with Crippen LogP contribution in [0.4, 0.5) is 9.52 Å². The van der Waals surface area contributed by atoms with Gasteiger partial charge in [0.2, 0.25) is 5.13 Å². The maximum atomic E-state index is 13.6. The van der Waals surface area contributed by atoms with Crippen LogP contribution in [0.25, 0.3) is 0 Å². The van der Waals surface area contributed by atoms with Crippen LogP contribution in [-0.4, -0.2) is 28.2 Å². The zero-order valence-electron chi connectivity index (χ0n) is 9.07. The number of halogens is 1. The molecule has 19 heavy (non-hydrogen) atoms. The van der Waals surface area contributed by atoms with Crippen molar-refractivity contribution in [3.05, 3.63) is 29.6 Å². The van der Waals surface area contributed by atoms with E-state index in [4.69, 9.17) is 5.73 Å². The number of aromatic nitrogens is 3. The largest absolute Gasteiger partial charge is 0.389 e. The number of hydrogen-bond acceptors (Lipinski definition) is 7. The van der Waals surface area contributed by atoms with Crippen molar-refractivity contribution in [1.82, 2.24) is 14.8 Å². The van der Waals surface area contributed by atoms with E-state index in [1.54, 1.807) is 0 Å². The molecule has 0 radical (unpaired) electrons. The number of thiocarbonyl (C=S) groups is 1. The first kappa shape index (κ1) is 13.7. The van der Waals surface area contributed by atoms with E-state index in [0.717, 1.165) is 17.6 Å². The topological polar surface area (TPSA) is 111 Å². The predicted octanol–water partition coefficient (Wildman–Crippen LogP) is 0.507. The number of nitrogens with zero attached hydrogens (tertiary/aromatic N) is 3. The lowest BCUT2D eigenvalue weighted by Gasteiger charge is -2.10.